The molecule has 0 saturated carbocycles. The summed E-state index contributed by atoms with van der Waals surface area (Å²) >= 11 is 1.81. The van der Waals surface area contributed by atoms with Crippen molar-refractivity contribution in [2.45, 2.75) is 45.2 Å². The summed E-state index contributed by atoms with van der Waals surface area (Å²) in [6.45, 7) is 4.53. The molecule has 0 aromatic carbocycles. The van der Waals surface area contributed by atoms with Crippen molar-refractivity contribution in [1.82, 2.24) is 5.32 Å². The van der Waals surface area contributed by atoms with Crippen LogP contribution in [0.2, 0.25) is 0 Å². The molecular formula is C12H21NOS. The first-order valence-corrected chi connectivity index (χ1v) is 6.57. The van der Waals surface area contributed by atoms with Gasteiger partial charge in [-0.05, 0) is 30.7 Å². The van der Waals surface area contributed by atoms with Gasteiger partial charge in [-0.3, -0.25) is 0 Å². The molecule has 0 saturated heterocycles. The molecule has 0 aliphatic carbocycles. The Hall–Kier alpha value is -0.380. The molecule has 0 aliphatic heterocycles. The van der Waals surface area contributed by atoms with E-state index in [1.165, 1.54) is 4.88 Å². The highest BCUT2D eigenvalue weighted by Gasteiger charge is 2.12. The van der Waals surface area contributed by atoms with Gasteiger partial charge in [0.15, 0.2) is 0 Å². The van der Waals surface area contributed by atoms with E-state index in [4.69, 9.17) is 5.11 Å². The first-order chi connectivity index (χ1) is 7.30. The Balaban J connectivity index is 2.42. The highest BCUT2D eigenvalue weighted by atomic mass is 32.1. The Labute approximate surface area is 96.3 Å². The van der Waals surface area contributed by atoms with Crippen molar-refractivity contribution in [2.24, 2.45) is 0 Å². The fourth-order valence-electron chi connectivity index (χ4n) is 1.63. The van der Waals surface area contributed by atoms with Crippen molar-refractivity contribution in [3.8, 4) is 0 Å². The monoisotopic (exact) mass is 227 g/mol. The molecule has 3 heteroatoms. The van der Waals surface area contributed by atoms with Crippen molar-refractivity contribution in [2.75, 3.05) is 6.61 Å². The molecule has 1 rings (SSSR count). The van der Waals surface area contributed by atoms with Gasteiger partial charge in [-0.25, -0.2) is 0 Å². The largest absolute Gasteiger partial charge is 0.395 e. The normalized spacial score (nSPS) is 15.1. The zero-order valence-corrected chi connectivity index (χ0v) is 10.4. The molecule has 86 valence electrons. The lowest BCUT2D eigenvalue weighted by molar-refractivity contribution is 0.226. The number of hydrogen-bond acceptors (Lipinski definition) is 3. The number of aliphatic hydroxyl groups is 1. The Bertz CT molecular complexity index is 244. The van der Waals surface area contributed by atoms with E-state index >= 15 is 0 Å². The van der Waals surface area contributed by atoms with Crippen molar-refractivity contribution >= 4 is 11.3 Å². The third kappa shape index (κ3) is 4.33. The lowest BCUT2D eigenvalue weighted by Gasteiger charge is -2.22. The fraction of sp³-hybridized carbons (Fsp3) is 0.667. The first kappa shape index (κ1) is 12.7. The van der Waals surface area contributed by atoms with Crippen LogP contribution in [0.3, 0.4) is 0 Å². The fourth-order valence-corrected chi connectivity index (χ4v) is 2.41. The summed E-state index contributed by atoms with van der Waals surface area (Å²) < 4.78 is 0. The van der Waals surface area contributed by atoms with Gasteiger partial charge < -0.3 is 10.4 Å². The number of thiophene rings is 1. The van der Waals surface area contributed by atoms with E-state index in [-0.39, 0.29) is 12.6 Å². The van der Waals surface area contributed by atoms with E-state index in [2.05, 4.69) is 36.7 Å². The van der Waals surface area contributed by atoms with E-state index in [1.54, 1.807) is 11.3 Å². The number of aliphatic hydroxyl groups excluding tert-OH is 1. The highest BCUT2D eigenvalue weighted by Crippen LogP contribution is 2.13. The van der Waals surface area contributed by atoms with E-state index in [1.807, 2.05) is 0 Å². The third-order valence-electron chi connectivity index (χ3n) is 2.71. The zero-order chi connectivity index (χ0) is 11.1. The minimum atomic E-state index is 0.234. The summed E-state index contributed by atoms with van der Waals surface area (Å²) in [6.07, 6.45) is 3.16. The van der Waals surface area contributed by atoms with Crippen LogP contribution in [0.5, 0.6) is 0 Å². The topological polar surface area (TPSA) is 32.3 Å². The van der Waals surface area contributed by atoms with Crippen LogP contribution in [0.15, 0.2) is 17.5 Å². The summed E-state index contributed by atoms with van der Waals surface area (Å²) in [4.78, 5) is 1.42. The van der Waals surface area contributed by atoms with Gasteiger partial charge in [0.25, 0.3) is 0 Å². The van der Waals surface area contributed by atoms with Crippen molar-refractivity contribution < 1.29 is 5.11 Å². The summed E-state index contributed by atoms with van der Waals surface area (Å²) in [5.41, 5.74) is 0. The van der Waals surface area contributed by atoms with Gasteiger partial charge in [-0.1, -0.05) is 19.9 Å². The second kappa shape index (κ2) is 6.99. The van der Waals surface area contributed by atoms with E-state index in [0.29, 0.717) is 6.04 Å². The minimum absolute atomic E-state index is 0.234. The number of hydrogen-bond donors (Lipinski definition) is 2. The van der Waals surface area contributed by atoms with Gasteiger partial charge in [0.05, 0.1) is 6.61 Å². The SMILES string of the molecule is CCC(Cc1cccs1)N[C@H](CC)CO. The van der Waals surface area contributed by atoms with Crippen molar-refractivity contribution in [3.63, 3.8) is 0 Å². The Kier molecular flexibility index (Phi) is 5.91. The maximum atomic E-state index is 9.14. The van der Waals surface area contributed by atoms with Crippen LogP contribution in [0.1, 0.15) is 31.6 Å². The highest BCUT2D eigenvalue weighted by molar-refractivity contribution is 7.09. The quantitative estimate of drug-likeness (QED) is 0.750. The smallest absolute Gasteiger partial charge is 0.0584 e. The molecule has 0 fully saturated rings. The Morgan fingerprint density at radius 1 is 1.33 bits per heavy atom. The molecule has 1 unspecified atom stereocenters. The van der Waals surface area contributed by atoms with Crippen LogP contribution in [-0.4, -0.2) is 23.8 Å². The molecule has 0 aliphatic rings. The molecule has 0 radical (unpaired) electrons. The standard InChI is InChI=1S/C12H21NOS/c1-3-10(13-11(4-2)9-14)8-12-6-5-7-15-12/h5-7,10-11,13-14H,3-4,8-9H2,1-2H3/t10?,11-/m1/s1. The van der Waals surface area contributed by atoms with E-state index in [9.17, 15) is 0 Å². The molecule has 0 bridgehead atoms. The average molecular weight is 227 g/mol. The molecule has 0 amide bonds. The molecule has 15 heavy (non-hydrogen) atoms. The molecule has 1 aromatic rings. The molecule has 1 aromatic heterocycles. The molecule has 2 N–H and O–H groups in total. The van der Waals surface area contributed by atoms with E-state index < -0.39 is 0 Å². The average Bonchev–Trinajstić information content (AvgIpc) is 2.76. The van der Waals surface area contributed by atoms with Gasteiger partial charge in [0.1, 0.15) is 0 Å². The van der Waals surface area contributed by atoms with Crippen molar-refractivity contribution in [3.05, 3.63) is 22.4 Å². The van der Waals surface area contributed by atoms with Crippen LogP contribution < -0.4 is 5.32 Å². The maximum absolute atomic E-state index is 9.14. The Morgan fingerprint density at radius 2 is 2.07 bits per heavy atom. The second-order valence-electron chi connectivity index (χ2n) is 3.84. The summed E-state index contributed by atoms with van der Waals surface area (Å²) in [5, 5.41) is 14.8. The van der Waals surface area contributed by atoms with E-state index in [0.717, 1.165) is 19.3 Å². The van der Waals surface area contributed by atoms with Crippen LogP contribution in [0, 0.1) is 0 Å². The molecule has 2 nitrogen and oxygen atoms in total. The molecule has 2 atom stereocenters. The number of rotatable bonds is 7. The zero-order valence-electron chi connectivity index (χ0n) is 9.57. The van der Waals surface area contributed by atoms with Gasteiger partial charge in [0, 0.05) is 17.0 Å². The predicted molar refractivity (Wildman–Crippen MR) is 66.4 cm³/mol. The minimum Gasteiger partial charge on any atom is -0.395 e. The summed E-state index contributed by atoms with van der Waals surface area (Å²) in [5.74, 6) is 0. The van der Waals surface area contributed by atoms with Gasteiger partial charge in [0.2, 0.25) is 0 Å². The lowest BCUT2D eigenvalue weighted by atomic mass is 10.1. The molecule has 1 heterocycles. The lowest BCUT2D eigenvalue weighted by Crippen LogP contribution is -2.40. The first-order valence-electron chi connectivity index (χ1n) is 5.69. The van der Waals surface area contributed by atoms with Crippen LogP contribution >= 0.6 is 11.3 Å². The van der Waals surface area contributed by atoms with Gasteiger partial charge in [-0.2, -0.15) is 0 Å². The van der Waals surface area contributed by atoms with Crippen LogP contribution in [0.25, 0.3) is 0 Å². The van der Waals surface area contributed by atoms with Gasteiger partial charge >= 0.3 is 0 Å². The van der Waals surface area contributed by atoms with Crippen LogP contribution in [0.4, 0.5) is 0 Å². The maximum Gasteiger partial charge on any atom is 0.0584 e. The Morgan fingerprint density at radius 3 is 2.53 bits per heavy atom. The van der Waals surface area contributed by atoms with Crippen molar-refractivity contribution in [1.29, 1.82) is 0 Å². The second-order valence-corrected chi connectivity index (χ2v) is 4.88. The van der Waals surface area contributed by atoms with Crippen LogP contribution in [-0.2, 0) is 6.42 Å². The molecular weight excluding hydrogens is 206 g/mol. The number of nitrogens with one attached hydrogen (secondary N) is 1. The summed E-state index contributed by atoms with van der Waals surface area (Å²) in [6, 6.07) is 5.00. The van der Waals surface area contributed by atoms with Gasteiger partial charge in [-0.15, -0.1) is 11.3 Å². The summed E-state index contributed by atoms with van der Waals surface area (Å²) in [7, 11) is 0. The molecule has 0 spiro atoms. The third-order valence-corrected chi connectivity index (χ3v) is 3.60. The predicted octanol–water partition coefficient (Wildman–Crippen LogP) is 2.43.